The number of ether oxygens (including phenoxy) is 1. The van der Waals surface area contributed by atoms with Crippen molar-refractivity contribution in [3.8, 4) is 0 Å². The molecule has 0 bridgehead atoms. The van der Waals surface area contributed by atoms with E-state index in [0.717, 1.165) is 11.1 Å². The number of rotatable bonds is 4. The number of hydrogen-bond acceptors (Lipinski definition) is 5. The van der Waals surface area contributed by atoms with Gasteiger partial charge in [0.05, 0.1) is 12.0 Å². The molecule has 0 aromatic heterocycles. The second-order valence-corrected chi connectivity index (χ2v) is 5.41. The molecule has 0 saturated carbocycles. The molecule has 0 radical (unpaired) electrons. The Kier molecular flexibility index (Phi) is 4.08. The second-order valence-electron chi connectivity index (χ2n) is 5.41. The molecule has 1 aliphatic rings. The fourth-order valence-corrected chi connectivity index (χ4v) is 3.03. The third kappa shape index (κ3) is 2.80. The van der Waals surface area contributed by atoms with E-state index in [1.165, 1.54) is 13.2 Å². The quantitative estimate of drug-likeness (QED) is 0.493. The van der Waals surface area contributed by atoms with Gasteiger partial charge in [0.25, 0.3) is 5.69 Å². The topological polar surface area (TPSA) is 72.7 Å². The second kappa shape index (κ2) is 6.18. The Labute approximate surface area is 133 Å². The highest BCUT2D eigenvalue weighted by molar-refractivity contribution is 5.77. The lowest BCUT2D eigenvalue weighted by molar-refractivity contribution is -0.385. The maximum Gasteiger partial charge on any atom is 0.327 e. The fraction of sp³-hybridized carbons (Fsp3) is 0.235. The normalized spacial score (nSPS) is 15.0. The van der Waals surface area contributed by atoms with Crippen molar-refractivity contribution in [2.45, 2.75) is 19.1 Å². The van der Waals surface area contributed by atoms with Crippen LogP contribution in [0.5, 0.6) is 0 Å². The molecule has 0 aliphatic carbocycles. The molecule has 6 heteroatoms. The van der Waals surface area contributed by atoms with E-state index in [1.54, 1.807) is 6.07 Å². The van der Waals surface area contributed by atoms with Crippen molar-refractivity contribution in [3.05, 3.63) is 75.3 Å². The molecule has 0 spiro atoms. The Hall–Kier alpha value is -2.73. The molecule has 2 aromatic rings. The summed E-state index contributed by atoms with van der Waals surface area (Å²) in [6, 6.07) is 13.8. The first kappa shape index (κ1) is 15.2. The average Bonchev–Trinajstić information content (AvgIpc) is 2.98. The van der Waals surface area contributed by atoms with Crippen molar-refractivity contribution in [1.82, 2.24) is 4.90 Å². The number of carbonyl (C=O) groups excluding carboxylic acids is 1. The first-order chi connectivity index (χ1) is 11.1. The van der Waals surface area contributed by atoms with Crippen LogP contribution in [-0.2, 0) is 22.6 Å². The standard InChI is InChI=1S/C17H16N2O4/c1-23-17(20)16(12-6-3-2-4-7-12)18-10-13-8-5-9-15(19(21)22)14(13)11-18/h2-9,16H,10-11H2,1H3/t16-/m0/s1. The van der Waals surface area contributed by atoms with Gasteiger partial charge in [-0.1, -0.05) is 42.5 Å². The molecule has 1 aliphatic heterocycles. The van der Waals surface area contributed by atoms with Gasteiger partial charge < -0.3 is 4.74 Å². The first-order valence-electron chi connectivity index (χ1n) is 7.24. The van der Waals surface area contributed by atoms with Crippen LogP contribution in [0.2, 0.25) is 0 Å². The van der Waals surface area contributed by atoms with Crippen LogP contribution in [0.1, 0.15) is 22.7 Å². The zero-order valence-corrected chi connectivity index (χ0v) is 12.6. The molecule has 0 fully saturated rings. The van der Waals surface area contributed by atoms with Gasteiger partial charge in [0, 0.05) is 24.7 Å². The van der Waals surface area contributed by atoms with Gasteiger partial charge in [-0.2, -0.15) is 0 Å². The van der Waals surface area contributed by atoms with E-state index in [-0.39, 0.29) is 16.6 Å². The van der Waals surface area contributed by atoms with Gasteiger partial charge in [0.1, 0.15) is 6.04 Å². The van der Waals surface area contributed by atoms with Gasteiger partial charge >= 0.3 is 5.97 Å². The molecule has 1 heterocycles. The zero-order valence-electron chi connectivity index (χ0n) is 12.6. The predicted octanol–water partition coefficient (Wildman–Crippen LogP) is 2.82. The summed E-state index contributed by atoms with van der Waals surface area (Å²) < 4.78 is 4.94. The van der Waals surface area contributed by atoms with Crippen molar-refractivity contribution < 1.29 is 14.5 Å². The average molecular weight is 312 g/mol. The highest BCUT2D eigenvalue weighted by Crippen LogP contribution is 2.36. The highest BCUT2D eigenvalue weighted by atomic mass is 16.6. The number of nitrogens with zero attached hydrogens (tertiary/aromatic N) is 2. The third-order valence-electron chi connectivity index (χ3n) is 4.08. The van der Waals surface area contributed by atoms with Crippen LogP contribution in [0.4, 0.5) is 5.69 Å². The number of esters is 1. The third-order valence-corrected chi connectivity index (χ3v) is 4.08. The summed E-state index contributed by atoms with van der Waals surface area (Å²) in [5, 5.41) is 11.2. The molecule has 0 unspecified atom stereocenters. The Balaban J connectivity index is 1.96. The molecule has 6 nitrogen and oxygen atoms in total. The smallest absolute Gasteiger partial charge is 0.327 e. The summed E-state index contributed by atoms with van der Waals surface area (Å²) in [5.41, 5.74) is 2.46. The fourth-order valence-electron chi connectivity index (χ4n) is 3.03. The van der Waals surface area contributed by atoms with Crippen LogP contribution in [0, 0.1) is 10.1 Å². The Morgan fingerprint density at radius 1 is 1.17 bits per heavy atom. The molecule has 23 heavy (non-hydrogen) atoms. The van der Waals surface area contributed by atoms with Crippen LogP contribution in [0.15, 0.2) is 48.5 Å². The number of hydrogen-bond donors (Lipinski definition) is 0. The summed E-state index contributed by atoms with van der Waals surface area (Å²) in [4.78, 5) is 25.0. The van der Waals surface area contributed by atoms with E-state index in [1.807, 2.05) is 41.3 Å². The van der Waals surface area contributed by atoms with Gasteiger partial charge in [-0.05, 0) is 11.1 Å². The molecule has 0 N–H and O–H groups in total. The number of carbonyl (C=O) groups is 1. The summed E-state index contributed by atoms with van der Waals surface area (Å²) >= 11 is 0. The lowest BCUT2D eigenvalue weighted by Gasteiger charge is -2.25. The molecule has 2 aromatic carbocycles. The highest BCUT2D eigenvalue weighted by Gasteiger charge is 2.35. The van der Waals surface area contributed by atoms with Gasteiger partial charge in [-0.3, -0.25) is 15.0 Å². The monoisotopic (exact) mass is 312 g/mol. The largest absolute Gasteiger partial charge is 0.468 e. The molecule has 1 atom stereocenters. The number of nitro groups is 1. The van der Waals surface area contributed by atoms with Crippen LogP contribution < -0.4 is 0 Å². The van der Waals surface area contributed by atoms with Crippen LogP contribution in [0.25, 0.3) is 0 Å². The molecular weight excluding hydrogens is 296 g/mol. The van der Waals surface area contributed by atoms with Gasteiger partial charge in [0.2, 0.25) is 0 Å². The van der Waals surface area contributed by atoms with Crippen molar-refractivity contribution in [3.63, 3.8) is 0 Å². The molecule has 0 amide bonds. The van der Waals surface area contributed by atoms with Crippen LogP contribution in [0.3, 0.4) is 0 Å². The maximum atomic E-state index is 12.3. The Morgan fingerprint density at radius 3 is 2.57 bits per heavy atom. The lowest BCUT2D eigenvalue weighted by Crippen LogP contribution is -2.31. The van der Waals surface area contributed by atoms with Gasteiger partial charge in [-0.25, -0.2) is 4.79 Å². The van der Waals surface area contributed by atoms with Crippen LogP contribution >= 0.6 is 0 Å². The summed E-state index contributed by atoms with van der Waals surface area (Å²) in [5.74, 6) is -0.369. The van der Waals surface area contributed by atoms with Crippen molar-refractivity contribution >= 4 is 11.7 Å². The predicted molar refractivity (Wildman–Crippen MR) is 83.5 cm³/mol. The Morgan fingerprint density at radius 2 is 1.91 bits per heavy atom. The van der Waals surface area contributed by atoms with E-state index >= 15 is 0 Å². The zero-order chi connectivity index (χ0) is 16.4. The minimum absolute atomic E-state index is 0.0988. The number of benzene rings is 2. The van der Waals surface area contributed by atoms with E-state index in [2.05, 4.69) is 0 Å². The number of nitro benzene ring substituents is 1. The lowest BCUT2D eigenvalue weighted by atomic mass is 10.1. The van der Waals surface area contributed by atoms with E-state index < -0.39 is 6.04 Å². The van der Waals surface area contributed by atoms with Crippen molar-refractivity contribution in [2.24, 2.45) is 0 Å². The van der Waals surface area contributed by atoms with Crippen LogP contribution in [-0.4, -0.2) is 22.9 Å². The molecular formula is C17H16N2O4. The molecule has 0 saturated heterocycles. The van der Waals surface area contributed by atoms with Gasteiger partial charge in [0.15, 0.2) is 0 Å². The van der Waals surface area contributed by atoms with E-state index in [4.69, 9.17) is 4.74 Å². The molecule has 118 valence electrons. The minimum Gasteiger partial charge on any atom is -0.468 e. The SMILES string of the molecule is COC(=O)[C@H](c1ccccc1)N1Cc2cccc([N+](=O)[O-])c2C1. The summed E-state index contributed by atoms with van der Waals surface area (Å²) in [6.45, 7) is 0.826. The summed E-state index contributed by atoms with van der Waals surface area (Å²) in [7, 11) is 1.35. The number of fused-ring (bicyclic) bond motifs is 1. The van der Waals surface area contributed by atoms with Gasteiger partial charge in [-0.15, -0.1) is 0 Å². The first-order valence-corrected chi connectivity index (χ1v) is 7.24. The van der Waals surface area contributed by atoms with E-state index in [0.29, 0.717) is 18.7 Å². The summed E-state index contributed by atoms with van der Waals surface area (Å²) in [6.07, 6.45) is 0. The molecule has 3 rings (SSSR count). The maximum absolute atomic E-state index is 12.3. The van der Waals surface area contributed by atoms with Crippen molar-refractivity contribution in [2.75, 3.05) is 7.11 Å². The Bertz CT molecular complexity index is 746. The van der Waals surface area contributed by atoms with Crippen molar-refractivity contribution in [1.29, 1.82) is 0 Å². The minimum atomic E-state index is -0.576. The number of methoxy groups -OCH3 is 1. The van der Waals surface area contributed by atoms with E-state index in [9.17, 15) is 14.9 Å².